The van der Waals surface area contributed by atoms with Gasteiger partial charge in [0.2, 0.25) is 5.91 Å². The Morgan fingerprint density at radius 2 is 2.28 bits per heavy atom. The van der Waals surface area contributed by atoms with E-state index in [2.05, 4.69) is 16.5 Å². The highest BCUT2D eigenvalue weighted by Crippen LogP contribution is 2.02. The zero-order chi connectivity index (χ0) is 13.5. The molecule has 1 rings (SSSR count). The van der Waals surface area contributed by atoms with Crippen LogP contribution in [0.25, 0.3) is 0 Å². The van der Waals surface area contributed by atoms with Crippen molar-refractivity contribution in [2.45, 2.75) is 52.6 Å². The molecule has 0 radical (unpaired) electrons. The number of carbonyl (C=O) groups excluding carboxylic acids is 1. The van der Waals surface area contributed by atoms with Crippen LogP contribution < -0.4 is 11.1 Å². The van der Waals surface area contributed by atoms with E-state index in [-0.39, 0.29) is 11.9 Å². The van der Waals surface area contributed by atoms with Crippen molar-refractivity contribution in [1.29, 1.82) is 0 Å². The zero-order valence-electron chi connectivity index (χ0n) is 11.6. The summed E-state index contributed by atoms with van der Waals surface area (Å²) in [7, 11) is 0. The predicted molar refractivity (Wildman–Crippen MR) is 72.2 cm³/mol. The first kappa shape index (κ1) is 14.7. The van der Waals surface area contributed by atoms with Crippen molar-refractivity contribution in [2.75, 3.05) is 6.54 Å². The Morgan fingerprint density at radius 1 is 1.56 bits per heavy atom. The van der Waals surface area contributed by atoms with E-state index in [1.165, 1.54) is 0 Å². The van der Waals surface area contributed by atoms with Gasteiger partial charge < -0.3 is 11.1 Å². The van der Waals surface area contributed by atoms with Crippen LogP contribution in [0.1, 0.15) is 37.6 Å². The molecule has 0 saturated carbocycles. The lowest BCUT2D eigenvalue weighted by Crippen LogP contribution is -2.40. The van der Waals surface area contributed by atoms with Crippen molar-refractivity contribution in [1.82, 2.24) is 15.1 Å². The number of hydrogen-bond donors (Lipinski definition) is 2. The van der Waals surface area contributed by atoms with Crippen molar-refractivity contribution in [3.05, 3.63) is 17.5 Å². The molecule has 1 aromatic rings. The number of aromatic nitrogens is 2. The third-order valence-electron chi connectivity index (χ3n) is 2.89. The van der Waals surface area contributed by atoms with Crippen molar-refractivity contribution >= 4 is 5.91 Å². The Balaban J connectivity index is 2.23. The maximum Gasteiger partial charge on any atom is 0.236 e. The van der Waals surface area contributed by atoms with E-state index in [9.17, 15) is 4.79 Å². The highest BCUT2D eigenvalue weighted by Gasteiger charge is 2.10. The summed E-state index contributed by atoms with van der Waals surface area (Å²) < 4.78 is 1.97. The first-order chi connectivity index (χ1) is 8.54. The fourth-order valence-corrected chi connectivity index (χ4v) is 1.91. The maximum absolute atomic E-state index is 11.6. The molecule has 3 N–H and O–H groups in total. The number of amides is 1. The zero-order valence-corrected chi connectivity index (χ0v) is 11.6. The van der Waals surface area contributed by atoms with Gasteiger partial charge in [-0.25, -0.2) is 0 Å². The summed E-state index contributed by atoms with van der Waals surface area (Å²) in [6.07, 6.45) is 2.54. The average molecular weight is 252 g/mol. The molecule has 0 aliphatic heterocycles. The van der Waals surface area contributed by atoms with Crippen molar-refractivity contribution in [3.63, 3.8) is 0 Å². The van der Waals surface area contributed by atoms with Gasteiger partial charge >= 0.3 is 0 Å². The monoisotopic (exact) mass is 252 g/mol. The number of hydrogen-bond acceptors (Lipinski definition) is 3. The van der Waals surface area contributed by atoms with Gasteiger partial charge in [0.15, 0.2) is 0 Å². The van der Waals surface area contributed by atoms with Crippen LogP contribution in [0.5, 0.6) is 0 Å². The summed E-state index contributed by atoms with van der Waals surface area (Å²) in [6, 6.07) is 1.68. The van der Waals surface area contributed by atoms with Gasteiger partial charge in [-0.3, -0.25) is 9.48 Å². The molecule has 0 aliphatic carbocycles. The standard InChI is InChI=1S/C13H24N4O/c1-4-6-12(14)13(18)15-7-5-8-17-11(3)9-10(2)16-17/h9,12H,4-8,14H2,1-3H3,(H,15,18)/t12-/m0/s1. The quantitative estimate of drug-likeness (QED) is 0.715. The highest BCUT2D eigenvalue weighted by molar-refractivity contribution is 5.81. The molecule has 1 amide bonds. The van der Waals surface area contributed by atoms with Crippen LogP contribution in [-0.4, -0.2) is 28.3 Å². The number of carbonyl (C=O) groups is 1. The number of nitrogens with zero attached hydrogens (tertiary/aromatic N) is 2. The fourth-order valence-electron chi connectivity index (χ4n) is 1.91. The first-order valence-electron chi connectivity index (χ1n) is 6.59. The van der Waals surface area contributed by atoms with Crippen molar-refractivity contribution < 1.29 is 4.79 Å². The summed E-state index contributed by atoms with van der Waals surface area (Å²) in [5, 5.41) is 7.23. The minimum Gasteiger partial charge on any atom is -0.355 e. The minimum atomic E-state index is -0.372. The second kappa shape index (κ2) is 7.16. The summed E-state index contributed by atoms with van der Waals surface area (Å²) in [6.45, 7) is 7.51. The third-order valence-corrected chi connectivity index (χ3v) is 2.89. The van der Waals surface area contributed by atoms with Crippen LogP contribution in [0.4, 0.5) is 0 Å². The third kappa shape index (κ3) is 4.49. The molecule has 1 aromatic heterocycles. The van der Waals surface area contributed by atoms with Crippen LogP contribution >= 0.6 is 0 Å². The Morgan fingerprint density at radius 3 is 2.83 bits per heavy atom. The molecule has 0 fully saturated rings. The Labute approximate surface area is 109 Å². The SMILES string of the molecule is CCC[C@H](N)C(=O)NCCCn1nc(C)cc1C. The van der Waals surface area contributed by atoms with Crippen LogP contribution in [0, 0.1) is 13.8 Å². The smallest absolute Gasteiger partial charge is 0.236 e. The molecule has 102 valence electrons. The topological polar surface area (TPSA) is 72.9 Å². The molecular weight excluding hydrogens is 228 g/mol. The summed E-state index contributed by atoms with van der Waals surface area (Å²) in [5.41, 5.74) is 7.90. The number of rotatable bonds is 7. The molecule has 0 bridgehead atoms. The second-order valence-electron chi connectivity index (χ2n) is 4.69. The van der Waals surface area contributed by atoms with Gasteiger partial charge in [-0.05, 0) is 32.8 Å². The van der Waals surface area contributed by atoms with E-state index in [1.54, 1.807) is 0 Å². The van der Waals surface area contributed by atoms with E-state index >= 15 is 0 Å². The highest BCUT2D eigenvalue weighted by atomic mass is 16.2. The van der Waals surface area contributed by atoms with E-state index in [4.69, 9.17) is 5.73 Å². The normalized spacial score (nSPS) is 12.4. The molecular formula is C13H24N4O. The van der Waals surface area contributed by atoms with E-state index in [0.29, 0.717) is 6.54 Å². The van der Waals surface area contributed by atoms with Gasteiger partial charge in [0.05, 0.1) is 11.7 Å². The van der Waals surface area contributed by atoms with Crippen molar-refractivity contribution in [3.8, 4) is 0 Å². The van der Waals surface area contributed by atoms with Gasteiger partial charge in [-0.2, -0.15) is 5.10 Å². The molecule has 1 atom stereocenters. The maximum atomic E-state index is 11.6. The van der Waals surface area contributed by atoms with Crippen LogP contribution in [0.2, 0.25) is 0 Å². The van der Waals surface area contributed by atoms with Gasteiger partial charge in [0.25, 0.3) is 0 Å². The number of nitrogens with two attached hydrogens (primary N) is 1. The Hall–Kier alpha value is -1.36. The first-order valence-corrected chi connectivity index (χ1v) is 6.59. The van der Waals surface area contributed by atoms with E-state index in [0.717, 1.165) is 37.2 Å². The Bertz CT molecular complexity index is 386. The molecule has 1 heterocycles. The van der Waals surface area contributed by atoms with Crippen LogP contribution in [0.15, 0.2) is 6.07 Å². The fraction of sp³-hybridized carbons (Fsp3) is 0.692. The van der Waals surface area contributed by atoms with Gasteiger partial charge in [-0.15, -0.1) is 0 Å². The van der Waals surface area contributed by atoms with Gasteiger partial charge in [-0.1, -0.05) is 13.3 Å². The average Bonchev–Trinajstić information content (AvgIpc) is 2.63. The lowest BCUT2D eigenvalue weighted by molar-refractivity contribution is -0.122. The lowest BCUT2D eigenvalue weighted by Gasteiger charge is -2.11. The lowest BCUT2D eigenvalue weighted by atomic mass is 10.2. The number of nitrogens with one attached hydrogen (secondary N) is 1. The number of aryl methyl sites for hydroxylation is 3. The van der Waals surface area contributed by atoms with Gasteiger partial charge in [0, 0.05) is 18.8 Å². The molecule has 0 aliphatic rings. The molecule has 0 aromatic carbocycles. The van der Waals surface area contributed by atoms with E-state index < -0.39 is 0 Å². The molecule has 5 heteroatoms. The summed E-state index contributed by atoms with van der Waals surface area (Å²) in [5.74, 6) is -0.0507. The van der Waals surface area contributed by atoms with Gasteiger partial charge in [0.1, 0.15) is 0 Å². The summed E-state index contributed by atoms with van der Waals surface area (Å²) in [4.78, 5) is 11.6. The van der Waals surface area contributed by atoms with Crippen LogP contribution in [-0.2, 0) is 11.3 Å². The van der Waals surface area contributed by atoms with Crippen LogP contribution in [0.3, 0.4) is 0 Å². The van der Waals surface area contributed by atoms with Crippen molar-refractivity contribution in [2.24, 2.45) is 5.73 Å². The largest absolute Gasteiger partial charge is 0.355 e. The predicted octanol–water partition coefficient (Wildman–Crippen LogP) is 1.13. The minimum absolute atomic E-state index is 0.0507. The molecule has 0 unspecified atom stereocenters. The van der Waals surface area contributed by atoms with E-state index in [1.807, 2.05) is 25.5 Å². The second-order valence-corrected chi connectivity index (χ2v) is 4.69. The summed E-state index contributed by atoms with van der Waals surface area (Å²) >= 11 is 0. The molecule has 5 nitrogen and oxygen atoms in total. The molecule has 18 heavy (non-hydrogen) atoms. The Kier molecular flexibility index (Phi) is 5.85. The molecule has 0 spiro atoms. The molecule has 0 saturated heterocycles.